The molecule has 1 aliphatic rings. The van der Waals surface area contributed by atoms with Crippen molar-refractivity contribution in [2.75, 3.05) is 13.6 Å². The predicted molar refractivity (Wildman–Crippen MR) is 58.5 cm³/mol. The molecule has 1 atom stereocenters. The number of benzene rings is 1. The molecule has 0 amide bonds. The molecular weight excluding hydrogens is 190 g/mol. The highest BCUT2D eigenvalue weighted by molar-refractivity contribution is 5.37. The summed E-state index contributed by atoms with van der Waals surface area (Å²) in [6.07, 6.45) is 1.06. The van der Waals surface area contributed by atoms with Gasteiger partial charge in [0.1, 0.15) is 0 Å². The zero-order chi connectivity index (χ0) is 10.9. The third-order valence-corrected chi connectivity index (χ3v) is 2.94. The fraction of sp³-hybridized carbons (Fsp3) is 0.500. The monoisotopic (exact) mass is 207 g/mol. The Labute approximate surface area is 89.8 Å². The van der Waals surface area contributed by atoms with E-state index in [1.807, 2.05) is 24.3 Å². The molecule has 2 rings (SSSR count). The maximum absolute atomic E-state index is 10.1. The second-order valence-corrected chi connectivity index (χ2v) is 4.19. The Balaban J connectivity index is 2.29. The molecule has 0 heterocycles. The van der Waals surface area contributed by atoms with Crippen molar-refractivity contribution in [1.29, 1.82) is 0 Å². The SMILES string of the molecule is CNCC(O)c1ccccc1C1(O)CC1. The normalized spacial score (nSPS) is 19.9. The molecule has 0 aromatic heterocycles. The van der Waals surface area contributed by atoms with Gasteiger partial charge in [-0.1, -0.05) is 24.3 Å². The molecular formula is C12H17NO2. The van der Waals surface area contributed by atoms with Crippen LogP contribution in [0.2, 0.25) is 0 Å². The molecule has 15 heavy (non-hydrogen) atoms. The topological polar surface area (TPSA) is 52.5 Å². The Morgan fingerprint density at radius 1 is 1.40 bits per heavy atom. The van der Waals surface area contributed by atoms with E-state index < -0.39 is 11.7 Å². The quantitative estimate of drug-likeness (QED) is 0.688. The standard InChI is InChI=1S/C12H17NO2/c1-13-8-11(14)9-4-2-3-5-10(9)12(15)6-7-12/h2-5,11,13-15H,6-8H2,1H3. The summed E-state index contributed by atoms with van der Waals surface area (Å²) in [5, 5.41) is 22.9. The van der Waals surface area contributed by atoms with Crippen LogP contribution in [0, 0.1) is 0 Å². The fourth-order valence-corrected chi connectivity index (χ4v) is 1.90. The highest BCUT2D eigenvalue weighted by Gasteiger charge is 2.43. The van der Waals surface area contributed by atoms with Crippen molar-refractivity contribution in [3.05, 3.63) is 35.4 Å². The molecule has 3 N–H and O–H groups in total. The molecule has 1 aromatic rings. The van der Waals surface area contributed by atoms with E-state index in [0.29, 0.717) is 6.54 Å². The maximum Gasteiger partial charge on any atom is 0.0917 e. The van der Waals surface area contributed by atoms with Crippen LogP contribution < -0.4 is 5.32 Å². The molecule has 0 aliphatic heterocycles. The first-order chi connectivity index (χ1) is 7.17. The van der Waals surface area contributed by atoms with Gasteiger partial charge < -0.3 is 15.5 Å². The van der Waals surface area contributed by atoms with Gasteiger partial charge in [0.05, 0.1) is 11.7 Å². The van der Waals surface area contributed by atoms with Crippen molar-refractivity contribution in [1.82, 2.24) is 5.32 Å². The van der Waals surface area contributed by atoms with Gasteiger partial charge in [-0.05, 0) is 31.0 Å². The van der Waals surface area contributed by atoms with Crippen molar-refractivity contribution in [3.63, 3.8) is 0 Å². The lowest BCUT2D eigenvalue weighted by Crippen LogP contribution is -2.20. The molecule has 1 unspecified atom stereocenters. The lowest BCUT2D eigenvalue weighted by Gasteiger charge is -2.18. The van der Waals surface area contributed by atoms with E-state index in [0.717, 1.165) is 24.0 Å². The van der Waals surface area contributed by atoms with Gasteiger partial charge in [-0.25, -0.2) is 0 Å². The first-order valence-electron chi connectivity index (χ1n) is 5.32. The van der Waals surface area contributed by atoms with Gasteiger partial charge in [-0.15, -0.1) is 0 Å². The predicted octanol–water partition coefficient (Wildman–Crippen LogP) is 0.921. The number of likely N-dealkylation sites (N-methyl/N-ethyl adjacent to an activating group) is 1. The van der Waals surface area contributed by atoms with Crippen LogP contribution in [-0.4, -0.2) is 23.8 Å². The minimum atomic E-state index is -0.675. The van der Waals surface area contributed by atoms with E-state index in [1.54, 1.807) is 7.05 Å². The van der Waals surface area contributed by atoms with Gasteiger partial charge in [-0.2, -0.15) is 0 Å². The number of nitrogens with one attached hydrogen (secondary N) is 1. The molecule has 82 valence electrons. The molecule has 3 nitrogen and oxygen atoms in total. The Bertz CT molecular complexity index is 347. The highest BCUT2D eigenvalue weighted by atomic mass is 16.3. The van der Waals surface area contributed by atoms with Gasteiger partial charge >= 0.3 is 0 Å². The van der Waals surface area contributed by atoms with Crippen LogP contribution >= 0.6 is 0 Å². The second kappa shape index (κ2) is 3.93. The van der Waals surface area contributed by atoms with Crippen LogP contribution in [0.5, 0.6) is 0 Å². The third-order valence-electron chi connectivity index (χ3n) is 2.94. The minimum absolute atomic E-state index is 0.507. The van der Waals surface area contributed by atoms with Crippen molar-refractivity contribution in [3.8, 4) is 0 Å². The number of rotatable bonds is 4. The molecule has 0 bridgehead atoms. The number of aliphatic hydroxyl groups is 2. The first-order valence-corrected chi connectivity index (χ1v) is 5.32. The van der Waals surface area contributed by atoms with Gasteiger partial charge in [0.15, 0.2) is 0 Å². The van der Waals surface area contributed by atoms with Gasteiger partial charge in [0.25, 0.3) is 0 Å². The Hall–Kier alpha value is -0.900. The molecule has 1 aromatic carbocycles. The summed E-state index contributed by atoms with van der Waals surface area (Å²) in [5.74, 6) is 0. The lowest BCUT2D eigenvalue weighted by molar-refractivity contribution is 0.137. The fourth-order valence-electron chi connectivity index (χ4n) is 1.90. The summed E-state index contributed by atoms with van der Waals surface area (Å²) in [6.45, 7) is 0.507. The maximum atomic E-state index is 10.1. The number of hydrogen-bond acceptors (Lipinski definition) is 3. The van der Waals surface area contributed by atoms with Crippen molar-refractivity contribution >= 4 is 0 Å². The second-order valence-electron chi connectivity index (χ2n) is 4.19. The number of hydrogen-bond donors (Lipinski definition) is 3. The van der Waals surface area contributed by atoms with Gasteiger partial charge in [0.2, 0.25) is 0 Å². The molecule has 0 saturated heterocycles. The molecule has 3 heteroatoms. The van der Waals surface area contributed by atoms with Gasteiger partial charge in [-0.3, -0.25) is 0 Å². The first kappa shape index (κ1) is 10.6. The van der Waals surface area contributed by atoms with Crippen LogP contribution in [0.15, 0.2) is 24.3 Å². The molecule has 1 fully saturated rings. The highest BCUT2D eigenvalue weighted by Crippen LogP contribution is 2.47. The van der Waals surface area contributed by atoms with Crippen molar-refractivity contribution in [2.24, 2.45) is 0 Å². The van der Waals surface area contributed by atoms with E-state index in [9.17, 15) is 10.2 Å². The summed E-state index contributed by atoms with van der Waals surface area (Å²) < 4.78 is 0. The number of aliphatic hydroxyl groups excluding tert-OH is 1. The molecule has 1 aliphatic carbocycles. The summed E-state index contributed by atoms with van der Waals surface area (Å²) in [7, 11) is 1.80. The molecule has 0 spiro atoms. The summed E-state index contributed by atoms with van der Waals surface area (Å²) >= 11 is 0. The zero-order valence-electron chi connectivity index (χ0n) is 8.90. The van der Waals surface area contributed by atoms with Crippen LogP contribution in [0.3, 0.4) is 0 Å². The zero-order valence-corrected chi connectivity index (χ0v) is 8.90. The Kier molecular flexibility index (Phi) is 2.78. The van der Waals surface area contributed by atoms with Crippen LogP contribution in [0.1, 0.15) is 30.1 Å². The van der Waals surface area contributed by atoms with E-state index >= 15 is 0 Å². The van der Waals surface area contributed by atoms with Crippen molar-refractivity contribution in [2.45, 2.75) is 24.5 Å². The third kappa shape index (κ3) is 2.04. The minimum Gasteiger partial charge on any atom is -0.387 e. The molecule has 1 saturated carbocycles. The molecule has 0 radical (unpaired) electrons. The Morgan fingerprint density at radius 2 is 2.07 bits per heavy atom. The van der Waals surface area contributed by atoms with Crippen LogP contribution in [0.4, 0.5) is 0 Å². The smallest absolute Gasteiger partial charge is 0.0917 e. The lowest BCUT2D eigenvalue weighted by atomic mass is 9.96. The van der Waals surface area contributed by atoms with E-state index in [-0.39, 0.29) is 0 Å². The Morgan fingerprint density at radius 3 is 2.67 bits per heavy atom. The summed E-state index contributed by atoms with van der Waals surface area (Å²) in [5.41, 5.74) is 1.05. The van der Waals surface area contributed by atoms with Crippen LogP contribution in [0.25, 0.3) is 0 Å². The van der Waals surface area contributed by atoms with E-state index in [4.69, 9.17) is 0 Å². The summed E-state index contributed by atoms with van der Waals surface area (Å²) in [4.78, 5) is 0. The average Bonchev–Trinajstić information content (AvgIpc) is 2.98. The van der Waals surface area contributed by atoms with Crippen LogP contribution in [-0.2, 0) is 5.60 Å². The average molecular weight is 207 g/mol. The largest absolute Gasteiger partial charge is 0.387 e. The summed E-state index contributed by atoms with van der Waals surface area (Å²) in [6, 6.07) is 7.58. The van der Waals surface area contributed by atoms with Gasteiger partial charge in [0, 0.05) is 6.54 Å². The van der Waals surface area contributed by atoms with E-state index in [1.165, 1.54) is 0 Å². The van der Waals surface area contributed by atoms with Crippen molar-refractivity contribution < 1.29 is 10.2 Å². The van der Waals surface area contributed by atoms with E-state index in [2.05, 4.69) is 5.32 Å².